The highest BCUT2D eigenvalue weighted by Crippen LogP contribution is 2.24. The van der Waals surface area contributed by atoms with Crippen LogP contribution in [0.3, 0.4) is 0 Å². The van der Waals surface area contributed by atoms with Crippen LogP contribution in [0.25, 0.3) is 16.9 Å². The van der Waals surface area contributed by atoms with Gasteiger partial charge in [0.05, 0.1) is 17.1 Å². The van der Waals surface area contributed by atoms with E-state index in [4.69, 9.17) is 5.10 Å². The lowest BCUT2D eigenvalue weighted by Crippen LogP contribution is -2.25. The predicted molar refractivity (Wildman–Crippen MR) is 105 cm³/mol. The molecule has 5 nitrogen and oxygen atoms in total. The van der Waals surface area contributed by atoms with Crippen LogP contribution in [0.1, 0.15) is 5.56 Å². The van der Waals surface area contributed by atoms with Gasteiger partial charge < -0.3 is 4.90 Å². The Balaban J connectivity index is 1.91. The summed E-state index contributed by atoms with van der Waals surface area (Å²) < 4.78 is 24.7. The quantitative estimate of drug-likeness (QED) is 0.642. The van der Waals surface area contributed by atoms with Crippen LogP contribution in [0.15, 0.2) is 66.9 Å². The van der Waals surface area contributed by atoms with Gasteiger partial charge in [0, 0.05) is 36.7 Å². The second kappa shape index (κ2) is 7.85. The molecule has 136 valence electrons. The number of sulfone groups is 1. The first-order valence-electron chi connectivity index (χ1n) is 8.48. The smallest absolute Gasteiger partial charge is 0.148 e. The van der Waals surface area contributed by atoms with E-state index in [1.54, 1.807) is 0 Å². The molecule has 0 aliphatic heterocycles. The zero-order valence-electron chi connectivity index (χ0n) is 15.0. The summed E-state index contributed by atoms with van der Waals surface area (Å²) in [6, 6.07) is 20.0. The molecule has 0 saturated heterocycles. The largest absolute Gasteiger partial charge is 0.301 e. The Morgan fingerprint density at radius 1 is 1.00 bits per heavy atom. The van der Waals surface area contributed by atoms with Crippen LogP contribution < -0.4 is 0 Å². The highest BCUT2D eigenvalue weighted by molar-refractivity contribution is 7.90. The summed E-state index contributed by atoms with van der Waals surface area (Å²) in [6.45, 7) is 1.12. The minimum Gasteiger partial charge on any atom is -0.301 e. The maximum Gasteiger partial charge on any atom is 0.148 e. The molecule has 0 amide bonds. The van der Waals surface area contributed by atoms with Gasteiger partial charge in [-0.3, -0.25) is 0 Å². The lowest BCUT2D eigenvalue weighted by atomic mass is 10.1. The van der Waals surface area contributed by atoms with Gasteiger partial charge in [-0.1, -0.05) is 48.5 Å². The van der Waals surface area contributed by atoms with Gasteiger partial charge >= 0.3 is 0 Å². The van der Waals surface area contributed by atoms with E-state index < -0.39 is 9.84 Å². The summed E-state index contributed by atoms with van der Waals surface area (Å²) in [5.41, 5.74) is 4.03. The summed E-state index contributed by atoms with van der Waals surface area (Å²) in [5, 5.41) is 4.78. The Morgan fingerprint density at radius 3 is 2.23 bits per heavy atom. The van der Waals surface area contributed by atoms with Gasteiger partial charge in [-0.05, 0) is 19.2 Å². The maximum absolute atomic E-state index is 11.4. The molecule has 2 aromatic carbocycles. The van der Waals surface area contributed by atoms with Gasteiger partial charge in [0.2, 0.25) is 0 Å². The Labute approximate surface area is 154 Å². The van der Waals surface area contributed by atoms with E-state index >= 15 is 0 Å². The van der Waals surface area contributed by atoms with E-state index in [0.717, 1.165) is 22.5 Å². The predicted octanol–water partition coefficient (Wildman–Crippen LogP) is 3.02. The highest BCUT2D eigenvalue weighted by Gasteiger charge is 2.14. The number of hydrogen-bond acceptors (Lipinski definition) is 4. The van der Waals surface area contributed by atoms with E-state index in [0.29, 0.717) is 13.1 Å². The van der Waals surface area contributed by atoms with Gasteiger partial charge in [-0.25, -0.2) is 13.1 Å². The molecule has 0 fully saturated rings. The van der Waals surface area contributed by atoms with Crippen molar-refractivity contribution in [2.75, 3.05) is 25.6 Å². The van der Waals surface area contributed by atoms with Gasteiger partial charge in [0.25, 0.3) is 0 Å². The molecule has 0 atom stereocenters. The molecule has 0 unspecified atom stereocenters. The van der Waals surface area contributed by atoms with Gasteiger partial charge in [0.15, 0.2) is 0 Å². The van der Waals surface area contributed by atoms with Crippen LogP contribution in [0, 0.1) is 0 Å². The first-order chi connectivity index (χ1) is 12.4. The molecule has 1 aromatic heterocycles. The number of rotatable bonds is 7. The second-order valence-corrected chi connectivity index (χ2v) is 8.78. The van der Waals surface area contributed by atoms with E-state index in [1.165, 1.54) is 6.26 Å². The zero-order valence-corrected chi connectivity index (χ0v) is 15.9. The number of hydrogen-bond donors (Lipinski definition) is 0. The fraction of sp³-hybridized carbons (Fsp3) is 0.250. The van der Waals surface area contributed by atoms with Crippen LogP contribution >= 0.6 is 0 Å². The van der Waals surface area contributed by atoms with Crippen molar-refractivity contribution in [2.45, 2.75) is 6.54 Å². The fourth-order valence-corrected chi connectivity index (χ4v) is 3.41. The average molecular weight is 369 g/mol. The molecule has 0 N–H and O–H groups in total. The standard InChI is InChI=1S/C20H23N3O2S/c1-22(13-14-26(2,24)25)15-18-16-23(19-11-7-4-8-12-19)21-20(18)17-9-5-3-6-10-17/h3-12,16H,13-15H2,1-2H3. The van der Waals surface area contributed by atoms with E-state index in [9.17, 15) is 8.42 Å². The van der Waals surface area contributed by atoms with Crippen molar-refractivity contribution >= 4 is 9.84 Å². The molecule has 26 heavy (non-hydrogen) atoms. The number of aromatic nitrogens is 2. The van der Waals surface area contributed by atoms with Crippen LogP contribution in [-0.2, 0) is 16.4 Å². The summed E-state index contributed by atoms with van der Waals surface area (Å²) in [6.07, 6.45) is 3.29. The number of benzene rings is 2. The fourth-order valence-electron chi connectivity index (χ4n) is 2.77. The van der Waals surface area contributed by atoms with Crippen molar-refractivity contribution in [1.29, 1.82) is 0 Å². The summed E-state index contributed by atoms with van der Waals surface area (Å²) in [4.78, 5) is 2.01. The van der Waals surface area contributed by atoms with Crippen molar-refractivity contribution in [2.24, 2.45) is 0 Å². The Kier molecular flexibility index (Phi) is 5.54. The van der Waals surface area contributed by atoms with Gasteiger partial charge in [-0.15, -0.1) is 0 Å². The molecular formula is C20H23N3O2S. The normalized spacial score (nSPS) is 11.8. The van der Waals surface area contributed by atoms with Crippen LogP contribution in [-0.4, -0.2) is 48.7 Å². The van der Waals surface area contributed by atoms with Crippen molar-refractivity contribution in [3.05, 3.63) is 72.4 Å². The SMILES string of the molecule is CN(CCS(C)(=O)=O)Cc1cn(-c2ccccc2)nc1-c1ccccc1. The number of para-hydroxylation sites is 1. The first-order valence-corrected chi connectivity index (χ1v) is 10.5. The Bertz CT molecular complexity index is 951. The third kappa shape index (κ3) is 4.80. The molecule has 6 heteroatoms. The molecule has 0 spiro atoms. The first kappa shape index (κ1) is 18.4. The molecule has 0 aliphatic carbocycles. The lowest BCUT2D eigenvalue weighted by Gasteiger charge is -2.15. The van der Waals surface area contributed by atoms with E-state index in [2.05, 4.69) is 0 Å². The summed E-state index contributed by atoms with van der Waals surface area (Å²) >= 11 is 0. The minimum absolute atomic E-state index is 0.150. The molecule has 1 heterocycles. The molecule has 0 bridgehead atoms. The van der Waals surface area contributed by atoms with Crippen molar-refractivity contribution in [3.8, 4) is 16.9 Å². The lowest BCUT2D eigenvalue weighted by molar-refractivity contribution is 0.346. The van der Waals surface area contributed by atoms with Crippen LogP contribution in [0.5, 0.6) is 0 Å². The molecule has 0 aliphatic rings. The zero-order chi connectivity index (χ0) is 18.6. The van der Waals surface area contributed by atoms with E-state index in [-0.39, 0.29) is 5.75 Å². The summed E-state index contributed by atoms with van der Waals surface area (Å²) in [7, 11) is -1.04. The average Bonchev–Trinajstić information content (AvgIpc) is 3.05. The van der Waals surface area contributed by atoms with Gasteiger partial charge in [-0.2, -0.15) is 5.10 Å². The van der Waals surface area contributed by atoms with Crippen molar-refractivity contribution in [1.82, 2.24) is 14.7 Å². The third-order valence-electron chi connectivity index (χ3n) is 4.14. The molecule has 3 aromatic rings. The molecular weight excluding hydrogens is 346 g/mol. The minimum atomic E-state index is -2.97. The van der Waals surface area contributed by atoms with Crippen molar-refractivity contribution < 1.29 is 8.42 Å². The van der Waals surface area contributed by atoms with E-state index in [1.807, 2.05) is 83.5 Å². The topological polar surface area (TPSA) is 55.2 Å². The molecule has 0 saturated carbocycles. The molecule has 0 radical (unpaired) electrons. The molecule has 3 rings (SSSR count). The third-order valence-corrected chi connectivity index (χ3v) is 5.07. The Hall–Kier alpha value is -2.44. The number of nitrogens with zero attached hydrogens (tertiary/aromatic N) is 3. The monoisotopic (exact) mass is 369 g/mol. The second-order valence-electron chi connectivity index (χ2n) is 6.52. The summed E-state index contributed by atoms with van der Waals surface area (Å²) in [5.74, 6) is 0.150. The Morgan fingerprint density at radius 2 is 1.62 bits per heavy atom. The van der Waals surface area contributed by atoms with Crippen LogP contribution in [0.2, 0.25) is 0 Å². The maximum atomic E-state index is 11.4. The van der Waals surface area contributed by atoms with Crippen LogP contribution in [0.4, 0.5) is 0 Å². The van der Waals surface area contributed by atoms with Crippen molar-refractivity contribution in [3.63, 3.8) is 0 Å². The van der Waals surface area contributed by atoms with Gasteiger partial charge in [0.1, 0.15) is 9.84 Å². The highest BCUT2D eigenvalue weighted by atomic mass is 32.2.